The lowest BCUT2D eigenvalue weighted by Gasteiger charge is -2.38. The van der Waals surface area contributed by atoms with Crippen molar-refractivity contribution in [3.63, 3.8) is 0 Å². The van der Waals surface area contributed by atoms with Crippen LogP contribution < -0.4 is 10.6 Å². The summed E-state index contributed by atoms with van der Waals surface area (Å²) < 4.78 is 0. The number of nitrogen functional groups attached to an aromatic ring is 1. The molecule has 1 aromatic carbocycles. The largest absolute Gasteiger partial charge is 0.398 e. The normalized spacial score (nSPS) is 15.6. The molecule has 0 saturated carbocycles. The van der Waals surface area contributed by atoms with Crippen LogP contribution in [0.5, 0.6) is 0 Å². The van der Waals surface area contributed by atoms with Gasteiger partial charge >= 0.3 is 0 Å². The molecule has 0 saturated heterocycles. The van der Waals surface area contributed by atoms with Crippen LogP contribution in [0.25, 0.3) is 0 Å². The number of hydrogen-bond donors (Lipinski definition) is 2. The third-order valence-corrected chi connectivity index (χ3v) is 4.18. The fourth-order valence-corrected chi connectivity index (χ4v) is 2.72. The predicted molar refractivity (Wildman–Crippen MR) is 76.9 cm³/mol. The van der Waals surface area contributed by atoms with Gasteiger partial charge in [-0.25, -0.2) is 0 Å². The molecule has 0 atom stereocenters. The van der Waals surface area contributed by atoms with Crippen LogP contribution in [0.1, 0.15) is 38.7 Å². The third kappa shape index (κ3) is 2.46. The van der Waals surface area contributed by atoms with Crippen LogP contribution in [0.2, 0.25) is 0 Å². The molecule has 0 bridgehead atoms. The highest BCUT2D eigenvalue weighted by atomic mass is 16.3. The molecule has 1 aliphatic rings. The van der Waals surface area contributed by atoms with Gasteiger partial charge in [-0.1, -0.05) is 19.9 Å². The van der Waals surface area contributed by atoms with E-state index < -0.39 is 5.60 Å². The number of fused-ring (bicyclic) bond motifs is 1. The second-order valence-corrected chi connectivity index (χ2v) is 5.30. The van der Waals surface area contributed by atoms with Crippen LogP contribution in [0.4, 0.5) is 11.4 Å². The summed E-state index contributed by atoms with van der Waals surface area (Å²) in [6.07, 6.45) is 3.75. The number of anilines is 2. The highest BCUT2D eigenvalue weighted by molar-refractivity contribution is 5.66. The number of aliphatic hydroxyl groups is 1. The molecule has 100 valence electrons. The van der Waals surface area contributed by atoms with Crippen molar-refractivity contribution >= 4 is 11.4 Å². The van der Waals surface area contributed by atoms with Crippen molar-refractivity contribution in [2.45, 2.75) is 45.1 Å². The van der Waals surface area contributed by atoms with Gasteiger partial charge in [0.2, 0.25) is 0 Å². The number of nitrogens with two attached hydrogens (primary N) is 1. The van der Waals surface area contributed by atoms with Gasteiger partial charge in [-0.3, -0.25) is 0 Å². The first-order valence-electron chi connectivity index (χ1n) is 6.94. The standard InChI is InChI=1S/C15H24N2O/c1-3-15(18,4-2)11-17-10-6-7-12-13(16)8-5-9-14(12)17/h5,8-9,18H,3-4,6-7,10-11,16H2,1-2H3. The molecule has 3 N–H and O–H groups in total. The van der Waals surface area contributed by atoms with E-state index in [9.17, 15) is 5.11 Å². The summed E-state index contributed by atoms with van der Waals surface area (Å²) >= 11 is 0. The van der Waals surface area contributed by atoms with E-state index >= 15 is 0 Å². The van der Waals surface area contributed by atoms with Gasteiger partial charge in [0.25, 0.3) is 0 Å². The Hall–Kier alpha value is -1.22. The van der Waals surface area contributed by atoms with E-state index in [2.05, 4.69) is 11.0 Å². The summed E-state index contributed by atoms with van der Waals surface area (Å²) in [4.78, 5) is 2.29. The monoisotopic (exact) mass is 248 g/mol. The van der Waals surface area contributed by atoms with Gasteiger partial charge in [-0.15, -0.1) is 0 Å². The molecule has 3 nitrogen and oxygen atoms in total. The second-order valence-electron chi connectivity index (χ2n) is 5.30. The SMILES string of the molecule is CCC(O)(CC)CN1CCCc2c(N)cccc21. The molecule has 0 unspecified atom stereocenters. The zero-order valence-corrected chi connectivity index (χ0v) is 11.4. The lowest BCUT2D eigenvalue weighted by molar-refractivity contribution is 0.0390. The number of β-amino-alcohol motifs (C(OH)–C–C–N with tert-alkyl or cyclic N) is 1. The zero-order valence-electron chi connectivity index (χ0n) is 11.4. The van der Waals surface area contributed by atoms with Crippen LogP contribution in [-0.2, 0) is 6.42 Å². The fourth-order valence-electron chi connectivity index (χ4n) is 2.72. The van der Waals surface area contributed by atoms with E-state index in [0.717, 1.165) is 37.9 Å². The van der Waals surface area contributed by atoms with Gasteiger partial charge in [-0.05, 0) is 43.4 Å². The Labute approximate surface area is 110 Å². The van der Waals surface area contributed by atoms with Crippen LogP contribution in [0.3, 0.4) is 0 Å². The molecule has 0 fully saturated rings. The molecule has 1 aromatic rings. The Kier molecular flexibility index (Phi) is 3.81. The topological polar surface area (TPSA) is 49.5 Å². The summed E-state index contributed by atoms with van der Waals surface area (Å²) in [5.74, 6) is 0. The van der Waals surface area contributed by atoms with Crippen LogP contribution in [0, 0.1) is 0 Å². The molecule has 0 aliphatic carbocycles. The molecule has 0 spiro atoms. The number of rotatable bonds is 4. The van der Waals surface area contributed by atoms with Gasteiger partial charge in [-0.2, -0.15) is 0 Å². The molecule has 0 aromatic heterocycles. The lowest BCUT2D eigenvalue weighted by Crippen LogP contribution is -2.44. The quantitative estimate of drug-likeness (QED) is 0.805. The first kappa shape index (κ1) is 13.2. The first-order valence-corrected chi connectivity index (χ1v) is 6.94. The Morgan fingerprint density at radius 3 is 2.72 bits per heavy atom. The minimum absolute atomic E-state index is 0.584. The van der Waals surface area contributed by atoms with Crippen molar-refractivity contribution < 1.29 is 5.11 Å². The van der Waals surface area contributed by atoms with Gasteiger partial charge in [0.15, 0.2) is 0 Å². The maximum atomic E-state index is 10.5. The summed E-state index contributed by atoms with van der Waals surface area (Å²) in [6, 6.07) is 6.09. The maximum Gasteiger partial charge on any atom is 0.0816 e. The maximum absolute atomic E-state index is 10.5. The van der Waals surface area contributed by atoms with Crippen molar-refractivity contribution in [3.05, 3.63) is 23.8 Å². The highest BCUT2D eigenvalue weighted by Gasteiger charge is 2.28. The second kappa shape index (κ2) is 5.19. The minimum atomic E-state index is -0.584. The van der Waals surface area contributed by atoms with Crippen molar-refractivity contribution in [3.8, 4) is 0 Å². The van der Waals surface area contributed by atoms with Gasteiger partial charge < -0.3 is 15.7 Å². The smallest absolute Gasteiger partial charge is 0.0816 e. The average molecular weight is 248 g/mol. The molecule has 0 radical (unpaired) electrons. The van der Waals surface area contributed by atoms with Gasteiger partial charge in [0.05, 0.1) is 5.60 Å². The van der Waals surface area contributed by atoms with E-state index in [0.29, 0.717) is 6.54 Å². The first-order chi connectivity index (χ1) is 8.59. The van der Waals surface area contributed by atoms with E-state index in [1.165, 1.54) is 11.3 Å². The molecule has 1 heterocycles. The van der Waals surface area contributed by atoms with Gasteiger partial charge in [0.1, 0.15) is 0 Å². The molecule has 18 heavy (non-hydrogen) atoms. The van der Waals surface area contributed by atoms with Crippen molar-refractivity contribution in [2.24, 2.45) is 0 Å². The summed E-state index contributed by atoms with van der Waals surface area (Å²) in [5, 5.41) is 10.5. The zero-order chi connectivity index (χ0) is 13.2. The molecular weight excluding hydrogens is 224 g/mol. The predicted octanol–water partition coefficient (Wildman–Crippen LogP) is 2.57. The third-order valence-electron chi connectivity index (χ3n) is 4.18. The Morgan fingerprint density at radius 1 is 1.33 bits per heavy atom. The van der Waals surface area contributed by atoms with E-state index in [1.807, 2.05) is 26.0 Å². The number of benzene rings is 1. The van der Waals surface area contributed by atoms with E-state index in [-0.39, 0.29) is 0 Å². The fraction of sp³-hybridized carbons (Fsp3) is 0.600. The lowest BCUT2D eigenvalue weighted by atomic mass is 9.93. The Balaban J connectivity index is 2.25. The van der Waals surface area contributed by atoms with Crippen LogP contribution in [0.15, 0.2) is 18.2 Å². The number of nitrogens with zero attached hydrogens (tertiary/aromatic N) is 1. The van der Waals surface area contributed by atoms with E-state index in [4.69, 9.17) is 5.73 Å². The molecule has 3 heteroatoms. The summed E-state index contributed by atoms with van der Waals surface area (Å²) in [6.45, 7) is 5.82. The average Bonchev–Trinajstić information content (AvgIpc) is 2.40. The summed E-state index contributed by atoms with van der Waals surface area (Å²) in [5.41, 5.74) is 8.80. The minimum Gasteiger partial charge on any atom is -0.398 e. The van der Waals surface area contributed by atoms with E-state index in [1.54, 1.807) is 0 Å². The van der Waals surface area contributed by atoms with Crippen LogP contribution >= 0.6 is 0 Å². The van der Waals surface area contributed by atoms with Gasteiger partial charge in [0, 0.05) is 24.5 Å². The highest BCUT2D eigenvalue weighted by Crippen LogP contribution is 2.32. The van der Waals surface area contributed by atoms with Crippen molar-refractivity contribution in [1.29, 1.82) is 0 Å². The van der Waals surface area contributed by atoms with Crippen molar-refractivity contribution in [1.82, 2.24) is 0 Å². The van der Waals surface area contributed by atoms with Crippen LogP contribution in [-0.4, -0.2) is 23.8 Å². The molecular formula is C15H24N2O. The number of hydrogen-bond acceptors (Lipinski definition) is 3. The molecule has 0 amide bonds. The summed E-state index contributed by atoms with van der Waals surface area (Å²) in [7, 11) is 0. The molecule has 2 rings (SSSR count). The van der Waals surface area contributed by atoms with Crippen molar-refractivity contribution in [2.75, 3.05) is 23.7 Å². The molecule has 1 aliphatic heterocycles. The Morgan fingerprint density at radius 2 is 2.06 bits per heavy atom. The Bertz CT molecular complexity index is 413.